The summed E-state index contributed by atoms with van der Waals surface area (Å²) in [4.78, 5) is 0. The molecule has 3 heteroatoms. The Bertz CT molecular complexity index is 874. The summed E-state index contributed by atoms with van der Waals surface area (Å²) in [6.07, 6.45) is 1.64. The van der Waals surface area contributed by atoms with E-state index in [0.717, 1.165) is 33.3 Å². The molecule has 0 bridgehead atoms. The van der Waals surface area contributed by atoms with Crippen molar-refractivity contribution in [3.63, 3.8) is 0 Å². The summed E-state index contributed by atoms with van der Waals surface area (Å²) in [7, 11) is 0. The first kappa shape index (κ1) is 11.6. The summed E-state index contributed by atoms with van der Waals surface area (Å²) in [5.74, 6) is 0.749. The van der Waals surface area contributed by atoms with E-state index in [1.807, 2.05) is 42.5 Å². The van der Waals surface area contributed by atoms with Gasteiger partial charge in [-0.1, -0.05) is 24.3 Å². The molecule has 4 aromatic rings. The van der Waals surface area contributed by atoms with Crippen LogP contribution in [-0.4, -0.2) is 0 Å². The molecule has 0 aliphatic carbocycles. The van der Waals surface area contributed by atoms with E-state index in [2.05, 4.69) is 12.1 Å². The van der Waals surface area contributed by atoms with E-state index in [0.29, 0.717) is 0 Å². The van der Waals surface area contributed by atoms with Gasteiger partial charge in [-0.05, 0) is 35.9 Å². The predicted octanol–water partition coefficient (Wildman–Crippen LogP) is 5.51. The topological polar surface area (TPSA) is 26.3 Å². The largest absolute Gasteiger partial charge is 0.467 e. The van der Waals surface area contributed by atoms with Crippen molar-refractivity contribution in [3.05, 3.63) is 72.2 Å². The van der Waals surface area contributed by atoms with Crippen molar-refractivity contribution in [3.8, 4) is 0 Å². The molecule has 98 valence electrons. The first-order valence-electron chi connectivity index (χ1n) is 6.41. The van der Waals surface area contributed by atoms with Crippen LogP contribution in [0.3, 0.4) is 0 Å². The van der Waals surface area contributed by atoms with E-state index in [-0.39, 0.29) is 5.38 Å². The fourth-order valence-corrected chi connectivity index (χ4v) is 2.76. The molecule has 0 saturated carbocycles. The number of halogens is 1. The van der Waals surface area contributed by atoms with Crippen LogP contribution >= 0.6 is 11.6 Å². The van der Waals surface area contributed by atoms with Crippen molar-refractivity contribution in [1.82, 2.24) is 0 Å². The first-order chi connectivity index (χ1) is 9.83. The standard InChI is InChI=1S/C17H11ClO2/c18-17(16-6-3-9-19-16)11-7-8-15-13(10-11)12-4-1-2-5-14(12)20-15/h1-10,17H. The van der Waals surface area contributed by atoms with E-state index in [1.165, 1.54) is 0 Å². The van der Waals surface area contributed by atoms with Crippen LogP contribution in [0, 0.1) is 0 Å². The van der Waals surface area contributed by atoms with Crippen LogP contribution in [0.5, 0.6) is 0 Å². The Morgan fingerprint density at radius 3 is 2.55 bits per heavy atom. The fourth-order valence-electron chi connectivity index (χ4n) is 2.50. The second-order valence-corrected chi connectivity index (χ2v) is 5.17. The summed E-state index contributed by atoms with van der Waals surface area (Å²) >= 11 is 6.47. The van der Waals surface area contributed by atoms with Crippen LogP contribution in [0.15, 0.2) is 69.7 Å². The molecular formula is C17H11ClO2. The second kappa shape index (κ2) is 4.43. The van der Waals surface area contributed by atoms with Crippen LogP contribution < -0.4 is 0 Å². The molecule has 2 heterocycles. The van der Waals surface area contributed by atoms with E-state index in [9.17, 15) is 0 Å². The molecule has 0 spiro atoms. The monoisotopic (exact) mass is 282 g/mol. The molecular weight excluding hydrogens is 272 g/mol. The predicted molar refractivity (Wildman–Crippen MR) is 80.1 cm³/mol. The average Bonchev–Trinajstić information content (AvgIpc) is 3.13. The summed E-state index contributed by atoms with van der Waals surface area (Å²) in [6, 6.07) is 17.7. The highest BCUT2D eigenvalue weighted by atomic mass is 35.5. The molecule has 0 amide bonds. The third-order valence-electron chi connectivity index (χ3n) is 3.49. The SMILES string of the molecule is ClC(c1ccc2oc3ccccc3c2c1)c1ccco1. The van der Waals surface area contributed by atoms with E-state index < -0.39 is 0 Å². The van der Waals surface area contributed by atoms with Crippen molar-refractivity contribution in [2.24, 2.45) is 0 Å². The first-order valence-corrected chi connectivity index (χ1v) is 6.85. The van der Waals surface area contributed by atoms with Crippen molar-refractivity contribution < 1.29 is 8.83 Å². The van der Waals surface area contributed by atoms with Gasteiger partial charge in [0.05, 0.1) is 6.26 Å². The minimum Gasteiger partial charge on any atom is -0.467 e. The van der Waals surface area contributed by atoms with Gasteiger partial charge in [0.25, 0.3) is 0 Å². The van der Waals surface area contributed by atoms with Gasteiger partial charge in [-0.25, -0.2) is 0 Å². The van der Waals surface area contributed by atoms with Crippen LogP contribution in [0.2, 0.25) is 0 Å². The minimum atomic E-state index is -0.289. The lowest BCUT2D eigenvalue weighted by atomic mass is 10.1. The van der Waals surface area contributed by atoms with Crippen LogP contribution in [-0.2, 0) is 0 Å². The number of hydrogen-bond acceptors (Lipinski definition) is 2. The number of para-hydroxylation sites is 1. The molecule has 1 unspecified atom stereocenters. The third kappa shape index (κ3) is 1.73. The lowest BCUT2D eigenvalue weighted by Gasteiger charge is -2.06. The normalized spacial score (nSPS) is 13.1. The van der Waals surface area contributed by atoms with Crippen molar-refractivity contribution in [2.75, 3.05) is 0 Å². The van der Waals surface area contributed by atoms with Gasteiger partial charge < -0.3 is 8.83 Å². The zero-order chi connectivity index (χ0) is 13.5. The Balaban J connectivity index is 1.91. The Labute approximate surface area is 120 Å². The van der Waals surface area contributed by atoms with Crippen molar-refractivity contribution in [2.45, 2.75) is 5.38 Å². The summed E-state index contributed by atoms with van der Waals surface area (Å²) in [5.41, 5.74) is 2.77. The molecule has 0 N–H and O–H groups in total. The number of rotatable bonds is 2. The smallest absolute Gasteiger partial charge is 0.135 e. The lowest BCUT2D eigenvalue weighted by molar-refractivity contribution is 0.516. The third-order valence-corrected chi connectivity index (χ3v) is 3.95. The number of fused-ring (bicyclic) bond motifs is 3. The molecule has 2 aromatic heterocycles. The molecule has 1 atom stereocenters. The highest BCUT2D eigenvalue weighted by molar-refractivity contribution is 6.22. The van der Waals surface area contributed by atoms with Gasteiger partial charge in [0, 0.05) is 10.8 Å². The maximum atomic E-state index is 6.47. The highest BCUT2D eigenvalue weighted by Crippen LogP contribution is 2.34. The van der Waals surface area contributed by atoms with E-state index >= 15 is 0 Å². The van der Waals surface area contributed by atoms with Gasteiger partial charge in [0.1, 0.15) is 22.3 Å². The number of benzene rings is 2. The number of hydrogen-bond donors (Lipinski definition) is 0. The maximum absolute atomic E-state index is 6.47. The van der Waals surface area contributed by atoms with Gasteiger partial charge in [-0.2, -0.15) is 0 Å². The van der Waals surface area contributed by atoms with Gasteiger partial charge in [-0.3, -0.25) is 0 Å². The Kier molecular flexibility index (Phi) is 2.57. The lowest BCUT2D eigenvalue weighted by Crippen LogP contribution is -1.90. The van der Waals surface area contributed by atoms with Crippen LogP contribution in [0.25, 0.3) is 21.9 Å². The molecule has 20 heavy (non-hydrogen) atoms. The summed E-state index contributed by atoms with van der Waals surface area (Å²) in [6.45, 7) is 0. The van der Waals surface area contributed by atoms with Crippen molar-refractivity contribution in [1.29, 1.82) is 0 Å². The molecule has 0 fully saturated rings. The quantitative estimate of drug-likeness (QED) is 0.453. The zero-order valence-electron chi connectivity index (χ0n) is 10.5. The fraction of sp³-hybridized carbons (Fsp3) is 0.0588. The average molecular weight is 283 g/mol. The van der Waals surface area contributed by atoms with E-state index in [4.69, 9.17) is 20.4 Å². The Morgan fingerprint density at radius 1 is 0.850 bits per heavy atom. The molecule has 2 nitrogen and oxygen atoms in total. The molecule has 2 aromatic carbocycles. The van der Waals surface area contributed by atoms with Crippen LogP contribution in [0.4, 0.5) is 0 Å². The molecule has 0 saturated heterocycles. The highest BCUT2D eigenvalue weighted by Gasteiger charge is 2.15. The minimum absolute atomic E-state index is 0.289. The summed E-state index contributed by atoms with van der Waals surface area (Å²) < 4.78 is 11.2. The van der Waals surface area contributed by atoms with E-state index in [1.54, 1.807) is 6.26 Å². The Morgan fingerprint density at radius 2 is 1.70 bits per heavy atom. The summed E-state index contributed by atoms with van der Waals surface area (Å²) in [5, 5.41) is 1.89. The van der Waals surface area contributed by atoms with Gasteiger partial charge in [0.15, 0.2) is 0 Å². The zero-order valence-corrected chi connectivity index (χ0v) is 11.3. The maximum Gasteiger partial charge on any atom is 0.135 e. The second-order valence-electron chi connectivity index (χ2n) is 4.73. The van der Waals surface area contributed by atoms with Gasteiger partial charge >= 0.3 is 0 Å². The number of alkyl halides is 1. The molecule has 0 aliphatic heterocycles. The van der Waals surface area contributed by atoms with Crippen LogP contribution in [0.1, 0.15) is 16.7 Å². The molecule has 0 aliphatic rings. The van der Waals surface area contributed by atoms with Gasteiger partial charge in [0.2, 0.25) is 0 Å². The van der Waals surface area contributed by atoms with Gasteiger partial charge in [-0.15, -0.1) is 11.6 Å². The van der Waals surface area contributed by atoms with Crippen molar-refractivity contribution >= 4 is 33.5 Å². The number of furan rings is 2. The molecule has 0 radical (unpaired) electrons. The Hall–Kier alpha value is -2.19. The molecule has 4 rings (SSSR count).